The van der Waals surface area contributed by atoms with Crippen molar-refractivity contribution in [2.24, 2.45) is 5.41 Å². The molecule has 1 aliphatic heterocycles. The summed E-state index contributed by atoms with van der Waals surface area (Å²) < 4.78 is 5.56. The molecule has 1 N–H and O–H groups in total. The van der Waals surface area contributed by atoms with Crippen LogP contribution in [0.5, 0.6) is 5.75 Å². The molecule has 1 saturated heterocycles. The van der Waals surface area contributed by atoms with E-state index in [0.29, 0.717) is 5.41 Å². The molecule has 1 heterocycles. The maximum absolute atomic E-state index is 10.3. The van der Waals surface area contributed by atoms with Crippen LogP contribution in [0.2, 0.25) is 0 Å². The highest BCUT2D eigenvalue weighted by Gasteiger charge is 2.30. The van der Waals surface area contributed by atoms with Gasteiger partial charge in [0, 0.05) is 13.1 Å². The summed E-state index contributed by atoms with van der Waals surface area (Å²) in [6.45, 7) is 10.3. The lowest BCUT2D eigenvalue weighted by Crippen LogP contribution is -2.28. The van der Waals surface area contributed by atoms with Crippen LogP contribution in [-0.4, -0.2) is 36.2 Å². The average Bonchev–Trinajstić information content (AvgIpc) is 2.76. The number of benzene rings is 1. The number of aliphatic hydroxyl groups excluding tert-OH is 1. The number of hydrogen-bond acceptors (Lipinski definition) is 3. The quantitative estimate of drug-likeness (QED) is 0.866. The van der Waals surface area contributed by atoms with Gasteiger partial charge in [-0.05, 0) is 42.5 Å². The summed E-state index contributed by atoms with van der Waals surface area (Å²) in [5.41, 5.74) is 1.36. The lowest BCUT2D eigenvalue weighted by molar-refractivity contribution is 0.121. The first-order valence-corrected chi connectivity index (χ1v) is 7.63. The van der Waals surface area contributed by atoms with E-state index in [9.17, 15) is 5.11 Å². The third kappa shape index (κ3) is 4.22. The van der Waals surface area contributed by atoms with E-state index in [1.165, 1.54) is 6.42 Å². The molecule has 3 heteroatoms. The lowest BCUT2D eigenvalue weighted by atomic mass is 9.93. The topological polar surface area (TPSA) is 32.7 Å². The fourth-order valence-electron chi connectivity index (χ4n) is 2.74. The first-order chi connectivity index (χ1) is 9.50. The van der Waals surface area contributed by atoms with Gasteiger partial charge in [-0.1, -0.05) is 32.9 Å². The van der Waals surface area contributed by atoms with E-state index in [2.05, 4.69) is 25.7 Å². The summed E-state index contributed by atoms with van der Waals surface area (Å²) in [4.78, 5) is 2.35. The number of rotatable bonds is 6. The molecule has 0 aliphatic carbocycles. The van der Waals surface area contributed by atoms with Gasteiger partial charge in [0.05, 0.1) is 12.7 Å². The highest BCUT2D eigenvalue weighted by Crippen LogP contribution is 2.30. The summed E-state index contributed by atoms with van der Waals surface area (Å²) >= 11 is 0. The molecule has 0 radical (unpaired) electrons. The van der Waals surface area contributed by atoms with Gasteiger partial charge in [0.15, 0.2) is 0 Å². The van der Waals surface area contributed by atoms with Gasteiger partial charge in [-0.25, -0.2) is 0 Å². The maximum Gasteiger partial charge on any atom is 0.119 e. The van der Waals surface area contributed by atoms with Crippen molar-refractivity contribution in [3.63, 3.8) is 0 Å². The number of nitrogens with zero attached hydrogens (tertiary/aromatic N) is 1. The summed E-state index contributed by atoms with van der Waals surface area (Å²) in [7, 11) is 0. The third-order valence-electron chi connectivity index (χ3n) is 3.93. The van der Waals surface area contributed by atoms with E-state index in [4.69, 9.17) is 4.74 Å². The van der Waals surface area contributed by atoms with Crippen LogP contribution < -0.4 is 4.74 Å². The smallest absolute Gasteiger partial charge is 0.119 e. The molecule has 0 saturated carbocycles. The number of ether oxygens (including phenoxy) is 1. The SMILES string of the molecule is CCCOc1ccc(C(O)CN2CCC(C)(C)C2)cc1. The third-order valence-corrected chi connectivity index (χ3v) is 3.93. The number of hydrogen-bond donors (Lipinski definition) is 1. The normalized spacial score (nSPS) is 20.0. The van der Waals surface area contributed by atoms with Crippen LogP contribution in [0.4, 0.5) is 0 Å². The minimum absolute atomic E-state index is 0.386. The molecule has 1 aromatic rings. The Morgan fingerprint density at radius 3 is 2.55 bits per heavy atom. The van der Waals surface area contributed by atoms with Crippen molar-refractivity contribution in [1.29, 1.82) is 0 Å². The Bertz CT molecular complexity index is 414. The molecule has 112 valence electrons. The van der Waals surface area contributed by atoms with E-state index >= 15 is 0 Å². The fourth-order valence-corrected chi connectivity index (χ4v) is 2.74. The Hall–Kier alpha value is -1.06. The zero-order chi connectivity index (χ0) is 14.6. The second-order valence-electron chi connectivity index (χ2n) is 6.58. The second kappa shape index (κ2) is 6.59. The van der Waals surface area contributed by atoms with Crippen molar-refractivity contribution in [1.82, 2.24) is 4.90 Å². The summed E-state index contributed by atoms with van der Waals surface area (Å²) in [6, 6.07) is 7.83. The highest BCUT2D eigenvalue weighted by atomic mass is 16.5. The molecule has 3 nitrogen and oxygen atoms in total. The van der Waals surface area contributed by atoms with Gasteiger partial charge in [-0.15, -0.1) is 0 Å². The Labute approximate surface area is 122 Å². The molecule has 0 amide bonds. The maximum atomic E-state index is 10.3. The van der Waals surface area contributed by atoms with Crippen molar-refractivity contribution < 1.29 is 9.84 Å². The molecule has 1 fully saturated rings. The van der Waals surface area contributed by atoms with Gasteiger partial charge >= 0.3 is 0 Å². The van der Waals surface area contributed by atoms with Gasteiger partial charge in [-0.3, -0.25) is 4.90 Å². The minimum Gasteiger partial charge on any atom is -0.494 e. The minimum atomic E-state index is -0.413. The van der Waals surface area contributed by atoms with Crippen LogP contribution in [-0.2, 0) is 0 Å². The van der Waals surface area contributed by atoms with E-state index in [1.807, 2.05) is 24.3 Å². The summed E-state index contributed by atoms with van der Waals surface area (Å²) in [6.07, 6.45) is 1.81. The highest BCUT2D eigenvalue weighted by molar-refractivity contribution is 5.28. The van der Waals surface area contributed by atoms with Crippen molar-refractivity contribution in [3.8, 4) is 5.75 Å². The van der Waals surface area contributed by atoms with Crippen LogP contribution in [0.1, 0.15) is 45.3 Å². The molecule has 0 spiro atoms. The van der Waals surface area contributed by atoms with E-state index in [1.54, 1.807) is 0 Å². The predicted octanol–water partition coefficient (Wildman–Crippen LogP) is 3.24. The van der Waals surface area contributed by atoms with E-state index in [-0.39, 0.29) is 0 Å². The van der Waals surface area contributed by atoms with E-state index in [0.717, 1.165) is 44.0 Å². The molecule has 20 heavy (non-hydrogen) atoms. The van der Waals surface area contributed by atoms with Crippen molar-refractivity contribution in [2.45, 2.75) is 39.7 Å². The van der Waals surface area contributed by atoms with Gasteiger partial charge in [0.1, 0.15) is 5.75 Å². The fraction of sp³-hybridized carbons (Fsp3) is 0.647. The zero-order valence-electron chi connectivity index (χ0n) is 12.9. The Morgan fingerprint density at radius 1 is 1.30 bits per heavy atom. The first kappa shape index (κ1) is 15.3. The van der Waals surface area contributed by atoms with Crippen LogP contribution in [0, 0.1) is 5.41 Å². The van der Waals surface area contributed by atoms with Crippen molar-refractivity contribution >= 4 is 0 Å². The predicted molar refractivity (Wildman–Crippen MR) is 82.0 cm³/mol. The monoisotopic (exact) mass is 277 g/mol. The van der Waals surface area contributed by atoms with Crippen LogP contribution >= 0.6 is 0 Å². The molecule has 1 aliphatic rings. The lowest BCUT2D eigenvalue weighted by Gasteiger charge is -2.22. The van der Waals surface area contributed by atoms with Crippen LogP contribution in [0.3, 0.4) is 0 Å². The summed E-state index contributed by atoms with van der Waals surface area (Å²) in [5.74, 6) is 0.880. The molecule has 0 bridgehead atoms. The summed E-state index contributed by atoms with van der Waals surface area (Å²) in [5, 5.41) is 10.3. The Morgan fingerprint density at radius 2 is 2.00 bits per heavy atom. The number of β-amino-alcohol motifs (C(OH)–C–C–N with tert-alkyl or cyclic N) is 1. The standard InChI is InChI=1S/C17H27NO2/c1-4-11-20-15-7-5-14(6-8-15)16(19)12-18-10-9-17(2,3)13-18/h5-8,16,19H,4,9-13H2,1-3H3. The van der Waals surface area contributed by atoms with Gasteiger partial charge < -0.3 is 9.84 Å². The number of aliphatic hydroxyl groups is 1. The molecule has 1 atom stereocenters. The van der Waals surface area contributed by atoms with Gasteiger partial charge in [0.2, 0.25) is 0 Å². The first-order valence-electron chi connectivity index (χ1n) is 7.63. The van der Waals surface area contributed by atoms with Crippen molar-refractivity contribution in [2.75, 3.05) is 26.2 Å². The largest absolute Gasteiger partial charge is 0.494 e. The molecule has 2 rings (SSSR count). The van der Waals surface area contributed by atoms with Crippen molar-refractivity contribution in [3.05, 3.63) is 29.8 Å². The van der Waals surface area contributed by atoms with Gasteiger partial charge in [-0.2, -0.15) is 0 Å². The zero-order valence-corrected chi connectivity index (χ0v) is 12.9. The van der Waals surface area contributed by atoms with E-state index < -0.39 is 6.10 Å². The van der Waals surface area contributed by atoms with Crippen LogP contribution in [0.25, 0.3) is 0 Å². The molecule has 1 aromatic carbocycles. The Kier molecular flexibility index (Phi) is 5.06. The molecular weight excluding hydrogens is 250 g/mol. The second-order valence-corrected chi connectivity index (χ2v) is 6.58. The Balaban J connectivity index is 1.87. The van der Waals surface area contributed by atoms with Gasteiger partial charge in [0.25, 0.3) is 0 Å². The molecule has 0 aromatic heterocycles. The molecular formula is C17H27NO2. The molecule has 1 unspecified atom stereocenters. The van der Waals surface area contributed by atoms with Crippen LogP contribution in [0.15, 0.2) is 24.3 Å². The number of likely N-dealkylation sites (tertiary alicyclic amines) is 1. The average molecular weight is 277 g/mol.